The Hall–Kier alpha value is -0.610. The molecule has 0 bridgehead atoms. The van der Waals surface area contributed by atoms with Crippen molar-refractivity contribution in [3.05, 3.63) is 33.8 Å². The minimum atomic E-state index is -0.327. The highest BCUT2D eigenvalue weighted by Gasteiger charge is 2.21. The first-order chi connectivity index (χ1) is 8.56. The molecule has 0 aromatic heterocycles. The van der Waals surface area contributed by atoms with Gasteiger partial charge < -0.3 is 5.11 Å². The van der Waals surface area contributed by atoms with Crippen LogP contribution in [0.5, 0.6) is 0 Å². The van der Waals surface area contributed by atoms with Crippen LogP contribution in [-0.2, 0) is 0 Å². The fourth-order valence-electron chi connectivity index (χ4n) is 2.18. The van der Waals surface area contributed by atoms with Crippen LogP contribution in [0.2, 0.25) is 10.0 Å². The Kier molecular flexibility index (Phi) is 4.62. The van der Waals surface area contributed by atoms with Crippen molar-refractivity contribution in [2.24, 2.45) is 0 Å². The molecule has 3 nitrogen and oxygen atoms in total. The molecule has 0 radical (unpaired) electrons. The lowest BCUT2D eigenvalue weighted by atomic mass is 10.1. The molecule has 0 spiro atoms. The zero-order chi connectivity index (χ0) is 13.1. The van der Waals surface area contributed by atoms with Crippen LogP contribution < -0.4 is 0 Å². The summed E-state index contributed by atoms with van der Waals surface area (Å²) in [7, 11) is 0. The number of β-amino-alcohol motifs (C(OH)–C–C–N with tert-alkyl or cyclic N) is 1. The predicted molar refractivity (Wildman–Crippen MR) is 72.5 cm³/mol. The average Bonchev–Trinajstić information content (AvgIpc) is 2.28. The van der Waals surface area contributed by atoms with Gasteiger partial charge in [0.25, 0.3) is 0 Å². The quantitative estimate of drug-likeness (QED) is 0.869. The molecule has 18 heavy (non-hydrogen) atoms. The molecule has 1 aliphatic rings. The Labute approximate surface area is 116 Å². The third kappa shape index (κ3) is 3.45. The number of nitrogens with zero attached hydrogens (tertiary/aromatic N) is 1. The van der Waals surface area contributed by atoms with E-state index in [9.17, 15) is 9.90 Å². The van der Waals surface area contributed by atoms with Crippen LogP contribution in [-0.4, -0.2) is 41.5 Å². The minimum Gasteiger partial charge on any atom is -0.392 e. The van der Waals surface area contributed by atoms with E-state index in [-0.39, 0.29) is 11.9 Å². The molecule has 1 saturated heterocycles. The number of hydrogen-bond donors (Lipinski definition) is 1. The first-order valence-electron chi connectivity index (χ1n) is 5.95. The number of carbonyl (C=O) groups excluding carboxylic acids is 1. The van der Waals surface area contributed by atoms with Crippen molar-refractivity contribution in [3.63, 3.8) is 0 Å². The third-order valence-electron chi connectivity index (χ3n) is 3.08. The molecule has 0 aliphatic carbocycles. The standard InChI is InChI=1S/C13H15Cl2NO2/c14-9-3-4-11(12(15)6-9)13(18)8-16-5-1-2-10(17)7-16/h3-4,6,10,17H,1-2,5,7-8H2. The molecule has 2 rings (SSSR count). The normalized spacial score (nSPS) is 20.9. The molecule has 1 aromatic carbocycles. The highest BCUT2D eigenvalue weighted by molar-refractivity contribution is 6.36. The lowest BCUT2D eigenvalue weighted by Crippen LogP contribution is -2.41. The molecule has 1 unspecified atom stereocenters. The topological polar surface area (TPSA) is 40.5 Å². The monoisotopic (exact) mass is 287 g/mol. The second-order valence-electron chi connectivity index (χ2n) is 4.58. The minimum absolute atomic E-state index is 0.0363. The van der Waals surface area contributed by atoms with E-state index >= 15 is 0 Å². The second-order valence-corrected chi connectivity index (χ2v) is 5.42. The summed E-state index contributed by atoms with van der Waals surface area (Å²) in [5, 5.41) is 10.5. The van der Waals surface area contributed by atoms with E-state index < -0.39 is 0 Å². The van der Waals surface area contributed by atoms with Gasteiger partial charge in [-0.05, 0) is 37.6 Å². The summed E-state index contributed by atoms with van der Waals surface area (Å²) in [6, 6.07) is 4.88. The van der Waals surface area contributed by atoms with Gasteiger partial charge in [-0.15, -0.1) is 0 Å². The lowest BCUT2D eigenvalue weighted by Gasteiger charge is -2.29. The van der Waals surface area contributed by atoms with E-state index in [2.05, 4.69) is 0 Å². The van der Waals surface area contributed by atoms with Gasteiger partial charge in [-0.25, -0.2) is 0 Å². The number of piperidine rings is 1. The Morgan fingerprint density at radius 1 is 1.44 bits per heavy atom. The molecule has 5 heteroatoms. The Bertz CT molecular complexity index is 451. The first kappa shape index (κ1) is 13.8. The number of Topliss-reactive ketones (excluding diaryl/α,β-unsaturated/α-hetero) is 1. The van der Waals surface area contributed by atoms with Gasteiger partial charge in [0, 0.05) is 17.1 Å². The second kappa shape index (κ2) is 6.02. The molecular weight excluding hydrogens is 273 g/mol. The zero-order valence-corrected chi connectivity index (χ0v) is 11.4. The van der Waals surface area contributed by atoms with Crippen LogP contribution in [0.25, 0.3) is 0 Å². The van der Waals surface area contributed by atoms with Gasteiger partial charge in [0.05, 0.1) is 17.7 Å². The Balaban J connectivity index is 2.03. The highest BCUT2D eigenvalue weighted by atomic mass is 35.5. The van der Waals surface area contributed by atoms with Crippen molar-refractivity contribution < 1.29 is 9.90 Å². The molecule has 0 saturated carbocycles. The van der Waals surface area contributed by atoms with Crippen LogP contribution in [0, 0.1) is 0 Å². The summed E-state index contributed by atoms with van der Waals surface area (Å²) in [6.07, 6.45) is 1.40. The summed E-state index contributed by atoms with van der Waals surface area (Å²) in [4.78, 5) is 14.1. The molecule has 98 valence electrons. The molecule has 1 fully saturated rings. The summed E-state index contributed by atoms with van der Waals surface area (Å²) in [6.45, 7) is 1.68. The van der Waals surface area contributed by atoms with Crippen LogP contribution in [0.4, 0.5) is 0 Å². The largest absolute Gasteiger partial charge is 0.392 e. The van der Waals surface area contributed by atoms with E-state index in [0.717, 1.165) is 19.4 Å². The smallest absolute Gasteiger partial charge is 0.178 e. The van der Waals surface area contributed by atoms with Crippen LogP contribution >= 0.6 is 23.2 Å². The van der Waals surface area contributed by atoms with Crippen molar-refractivity contribution in [2.45, 2.75) is 18.9 Å². The average molecular weight is 288 g/mol. The molecule has 1 aromatic rings. The van der Waals surface area contributed by atoms with Gasteiger partial charge in [0.15, 0.2) is 5.78 Å². The number of carbonyl (C=O) groups is 1. The van der Waals surface area contributed by atoms with Crippen molar-refractivity contribution in [2.75, 3.05) is 19.6 Å². The summed E-state index contributed by atoms with van der Waals surface area (Å²) in [5.41, 5.74) is 0.487. The van der Waals surface area contributed by atoms with Crippen LogP contribution in [0.3, 0.4) is 0 Å². The van der Waals surface area contributed by atoms with Gasteiger partial charge >= 0.3 is 0 Å². The SMILES string of the molecule is O=C(CN1CCCC(O)C1)c1ccc(Cl)cc1Cl. The maximum absolute atomic E-state index is 12.1. The van der Waals surface area contributed by atoms with Gasteiger partial charge in [-0.3, -0.25) is 9.69 Å². The molecular formula is C13H15Cl2NO2. The Morgan fingerprint density at radius 2 is 2.22 bits per heavy atom. The number of ketones is 1. The van der Waals surface area contributed by atoms with Crippen molar-refractivity contribution in [3.8, 4) is 0 Å². The summed E-state index contributed by atoms with van der Waals surface area (Å²) in [5.74, 6) is -0.0363. The molecule has 1 N–H and O–H groups in total. The fraction of sp³-hybridized carbons (Fsp3) is 0.462. The van der Waals surface area contributed by atoms with Crippen molar-refractivity contribution in [1.29, 1.82) is 0 Å². The van der Waals surface area contributed by atoms with Gasteiger partial charge in [0.2, 0.25) is 0 Å². The maximum Gasteiger partial charge on any atom is 0.178 e. The molecule has 1 heterocycles. The fourth-order valence-corrected chi connectivity index (χ4v) is 2.69. The number of benzene rings is 1. The number of rotatable bonds is 3. The summed E-state index contributed by atoms with van der Waals surface area (Å²) < 4.78 is 0. The number of likely N-dealkylation sites (tertiary alicyclic amines) is 1. The van der Waals surface area contributed by atoms with Crippen LogP contribution in [0.1, 0.15) is 23.2 Å². The lowest BCUT2D eigenvalue weighted by molar-refractivity contribution is 0.0634. The third-order valence-corrected chi connectivity index (χ3v) is 3.63. The summed E-state index contributed by atoms with van der Waals surface area (Å²) >= 11 is 11.8. The van der Waals surface area contributed by atoms with Crippen molar-refractivity contribution >= 4 is 29.0 Å². The zero-order valence-electron chi connectivity index (χ0n) is 9.90. The molecule has 0 amide bonds. The van der Waals surface area contributed by atoms with E-state index in [0.29, 0.717) is 28.7 Å². The highest BCUT2D eigenvalue weighted by Crippen LogP contribution is 2.22. The first-order valence-corrected chi connectivity index (χ1v) is 6.70. The van der Waals surface area contributed by atoms with Gasteiger partial charge in [-0.1, -0.05) is 23.2 Å². The van der Waals surface area contributed by atoms with E-state index in [1.54, 1.807) is 18.2 Å². The van der Waals surface area contributed by atoms with E-state index in [1.807, 2.05) is 4.90 Å². The number of aliphatic hydroxyl groups excluding tert-OH is 1. The maximum atomic E-state index is 12.1. The number of halogens is 2. The van der Waals surface area contributed by atoms with Gasteiger partial charge in [-0.2, -0.15) is 0 Å². The van der Waals surface area contributed by atoms with Gasteiger partial charge in [0.1, 0.15) is 0 Å². The van der Waals surface area contributed by atoms with Crippen molar-refractivity contribution in [1.82, 2.24) is 4.90 Å². The molecule has 1 atom stereocenters. The number of hydrogen-bond acceptors (Lipinski definition) is 3. The predicted octanol–water partition coefficient (Wildman–Crippen LogP) is 2.63. The van der Waals surface area contributed by atoms with E-state index in [4.69, 9.17) is 23.2 Å². The number of aliphatic hydroxyl groups is 1. The van der Waals surface area contributed by atoms with E-state index in [1.165, 1.54) is 0 Å². The Morgan fingerprint density at radius 3 is 2.89 bits per heavy atom. The molecule has 1 aliphatic heterocycles. The van der Waals surface area contributed by atoms with Crippen LogP contribution in [0.15, 0.2) is 18.2 Å².